The molecule has 0 spiro atoms. The molecule has 0 bridgehead atoms. The maximum Gasteiger partial charge on any atom is 0.304 e. The van der Waals surface area contributed by atoms with Gasteiger partial charge in [0.15, 0.2) is 5.00 Å². The standard InChI is InChI=1S/C14H22N2O3S/c1-10(17)13-8-12(16(18)19)14(20-13)15(2)9-11-6-4-3-5-7-11/h8,10-11,17H,3-7,9H2,1-2H3/t10-/m0/s1. The molecule has 2 rings (SSSR count). The highest BCUT2D eigenvalue weighted by atomic mass is 32.1. The van der Waals surface area contributed by atoms with Crippen LogP contribution in [-0.2, 0) is 0 Å². The number of thiophene rings is 1. The summed E-state index contributed by atoms with van der Waals surface area (Å²) < 4.78 is 0. The van der Waals surface area contributed by atoms with E-state index < -0.39 is 6.10 Å². The first-order valence-corrected chi connectivity index (χ1v) is 7.98. The van der Waals surface area contributed by atoms with Crippen molar-refractivity contribution in [1.29, 1.82) is 0 Å². The van der Waals surface area contributed by atoms with Crippen molar-refractivity contribution in [2.75, 3.05) is 18.5 Å². The average Bonchev–Trinajstić information content (AvgIpc) is 2.85. The molecule has 0 saturated heterocycles. The minimum absolute atomic E-state index is 0.115. The Kier molecular flexibility index (Phi) is 4.99. The Bertz CT molecular complexity index is 467. The van der Waals surface area contributed by atoms with Gasteiger partial charge in [0.25, 0.3) is 0 Å². The molecule has 0 aliphatic heterocycles. The van der Waals surface area contributed by atoms with E-state index >= 15 is 0 Å². The monoisotopic (exact) mass is 298 g/mol. The zero-order chi connectivity index (χ0) is 14.7. The fraction of sp³-hybridized carbons (Fsp3) is 0.714. The van der Waals surface area contributed by atoms with E-state index in [4.69, 9.17) is 0 Å². The molecule has 1 aromatic rings. The van der Waals surface area contributed by atoms with Gasteiger partial charge in [-0.05, 0) is 25.7 Å². The number of hydrogen-bond donors (Lipinski definition) is 1. The zero-order valence-electron chi connectivity index (χ0n) is 12.0. The summed E-state index contributed by atoms with van der Waals surface area (Å²) in [4.78, 5) is 13.5. The minimum atomic E-state index is -0.657. The summed E-state index contributed by atoms with van der Waals surface area (Å²) in [5.74, 6) is 0.630. The van der Waals surface area contributed by atoms with Crippen LogP contribution in [0.15, 0.2) is 6.07 Å². The van der Waals surface area contributed by atoms with Crippen molar-refractivity contribution in [3.63, 3.8) is 0 Å². The molecule has 1 aliphatic carbocycles. The second kappa shape index (κ2) is 6.54. The Morgan fingerprint density at radius 1 is 1.50 bits per heavy atom. The van der Waals surface area contributed by atoms with Crippen LogP contribution in [-0.4, -0.2) is 23.6 Å². The molecule has 1 fully saturated rings. The van der Waals surface area contributed by atoms with Gasteiger partial charge in [-0.1, -0.05) is 19.3 Å². The van der Waals surface area contributed by atoms with Crippen LogP contribution in [0.1, 0.15) is 50.0 Å². The summed E-state index contributed by atoms with van der Waals surface area (Å²) in [6.45, 7) is 2.50. The Labute approximate surface area is 123 Å². The number of nitro groups is 1. The third kappa shape index (κ3) is 3.49. The predicted octanol–water partition coefficient (Wildman–Crippen LogP) is 3.73. The number of rotatable bonds is 5. The first kappa shape index (κ1) is 15.3. The van der Waals surface area contributed by atoms with Gasteiger partial charge in [0, 0.05) is 24.5 Å². The van der Waals surface area contributed by atoms with Crippen LogP contribution in [0, 0.1) is 16.0 Å². The highest BCUT2D eigenvalue weighted by molar-refractivity contribution is 7.16. The van der Waals surface area contributed by atoms with Crippen molar-refractivity contribution in [2.45, 2.75) is 45.1 Å². The van der Waals surface area contributed by atoms with Crippen LogP contribution in [0.25, 0.3) is 0 Å². The summed E-state index contributed by atoms with van der Waals surface area (Å²) in [5.41, 5.74) is 0.115. The molecule has 1 atom stereocenters. The van der Waals surface area contributed by atoms with E-state index in [-0.39, 0.29) is 10.6 Å². The first-order valence-electron chi connectivity index (χ1n) is 7.16. The van der Waals surface area contributed by atoms with Crippen molar-refractivity contribution >= 4 is 22.0 Å². The highest BCUT2D eigenvalue weighted by Crippen LogP contribution is 2.40. The lowest BCUT2D eigenvalue weighted by atomic mass is 9.89. The van der Waals surface area contributed by atoms with Gasteiger partial charge in [0.2, 0.25) is 0 Å². The Morgan fingerprint density at radius 3 is 2.70 bits per heavy atom. The predicted molar refractivity (Wildman–Crippen MR) is 81.5 cm³/mol. The quantitative estimate of drug-likeness (QED) is 0.664. The van der Waals surface area contributed by atoms with Crippen LogP contribution in [0.2, 0.25) is 0 Å². The lowest BCUT2D eigenvalue weighted by molar-refractivity contribution is -0.383. The fourth-order valence-electron chi connectivity index (χ4n) is 2.84. The Balaban J connectivity index is 2.14. The van der Waals surface area contributed by atoms with Crippen molar-refractivity contribution in [3.8, 4) is 0 Å². The normalized spacial score (nSPS) is 17.9. The Morgan fingerprint density at radius 2 is 2.15 bits per heavy atom. The molecule has 0 amide bonds. The van der Waals surface area contributed by atoms with Gasteiger partial charge >= 0.3 is 5.69 Å². The van der Waals surface area contributed by atoms with E-state index in [0.717, 1.165) is 6.54 Å². The van der Waals surface area contributed by atoms with Crippen LogP contribution < -0.4 is 4.90 Å². The number of nitrogens with zero attached hydrogens (tertiary/aromatic N) is 2. The van der Waals surface area contributed by atoms with E-state index in [2.05, 4.69) is 0 Å². The molecule has 0 unspecified atom stereocenters. The largest absolute Gasteiger partial charge is 0.388 e. The number of aliphatic hydroxyl groups is 1. The molecule has 20 heavy (non-hydrogen) atoms. The summed E-state index contributed by atoms with van der Waals surface area (Å²) >= 11 is 1.33. The topological polar surface area (TPSA) is 66.6 Å². The average molecular weight is 298 g/mol. The lowest BCUT2D eigenvalue weighted by Crippen LogP contribution is -2.26. The molecule has 112 valence electrons. The minimum Gasteiger partial charge on any atom is -0.388 e. The van der Waals surface area contributed by atoms with Gasteiger partial charge < -0.3 is 10.0 Å². The highest BCUT2D eigenvalue weighted by Gasteiger charge is 2.25. The van der Waals surface area contributed by atoms with E-state index in [1.807, 2.05) is 11.9 Å². The van der Waals surface area contributed by atoms with Gasteiger partial charge in [0.05, 0.1) is 11.0 Å². The van der Waals surface area contributed by atoms with Gasteiger partial charge in [-0.25, -0.2) is 0 Å². The van der Waals surface area contributed by atoms with Crippen LogP contribution in [0.3, 0.4) is 0 Å². The van der Waals surface area contributed by atoms with Crippen LogP contribution >= 0.6 is 11.3 Å². The van der Waals surface area contributed by atoms with Gasteiger partial charge in [-0.3, -0.25) is 10.1 Å². The van der Waals surface area contributed by atoms with Gasteiger partial charge in [0.1, 0.15) is 0 Å². The van der Waals surface area contributed by atoms with Crippen LogP contribution in [0.4, 0.5) is 10.7 Å². The molecule has 1 aromatic heterocycles. The lowest BCUT2D eigenvalue weighted by Gasteiger charge is -2.27. The molecular weight excluding hydrogens is 276 g/mol. The molecule has 1 saturated carbocycles. The first-order chi connectivity index (χ1) is 9.49. The summed E-state index contributed by atoms with van der Waals surface area (Å²) in [7, 11) is 1.92. The van der Waals surface area contributed by atoms with Crippen molar-refractivity contribution in [2.24, 2.45) is 5.92 Å². The number of anilines is 1. The fourth-order valence-corrected chi connectivity index (χ4v) is 3.87. The maximum absolute atomic E-state index is 11.2. The third-order valence-corrected chi connectivity index (χ3v) is 5.33. The Hall–Kier alpha value is -1.14. The second-order valence-corrected chi connectivity index (χ2v) is 6.72. The molecule has 5 nitrogen and oxygen atoms in total. The summed E-state index contributed by atoms with van der Waals surface area (Å²) in [6.07, 6.45) is 5.62. The number of hydrogen-bond acceptors (Lipinski definition) is 5. The smallest absolute Gasteiger partial charge is 0.304 e. The van der Waals surface area contributed by atoms with Gasteiger partial charge in [-0.2, -0.15) is 0 Å². The summed E-state index contributed by atoms with van der Waals surface area (Å²) in [5, 5.41) is 21.4. The molecule has 1 N–H and O–H groups in total. The molecular formula is C14H22N2O3S. The van der Waals surface area contributed by atoms with E-state index in [0.29, 0.717) is 15.8 Å². The maximum atomic E-state index is 11.2. The molecule has 6 heteroatoms. The van der Waals surface area contributed by atoms with E-state index in [9.17, 15) is 15.2 Å². The molecule has 0 radical (unpaired) electrons. The number of aliphatic hydroxyl groups excluding tert-OH is 1. The van der Waals surface area contributed by atoms with Gasteiger partial charge in [-0.15, -0.1) is 11.3 Å². The third-order valence-electron chi connectivity index (χ3n) is 3.92. The molecule has 0 aromatic carbocycles. The zero-order valence-corrected chi connectivity index (χ0v) is 12.9. The second-order valence-electron chi connectivity index (χ2n) is 5.66. The van der Waals surface area contributed by atoms with E-state index in [1.165, 1.54) is 49.5 Å². The van der Waals surface area contributed by atoms with Crippen molar-refractivity contribution in [1.82, 2.24) is 0 Å². The SMILES string of the molecule is C[C@H](O)c1cc([N+](=O)[O-])c(N(C)CC2CCCCC2)s1. The molecule has 1 heterocycles. The van der Waals surface area contributed by atoms with Crippen molar-refractivity contribution < 1.29 is 10.0 Å². The van der Waals surface area contributed by atoms with Crippen LogP contribution in [0.5, 0.6) is 0 Å². The molecule has 1 aliphatic rings. The summed E-state index contributed by atoms with van der Waals surface area (Å²) in [6, 6.07) is 1.50. The van der Waals surface area contributed by atoms with E-state index in [1.54, 1.807) is 6.92 Å². The van der Waals surface area contributed by atoms with Crippen molar-refractivity contribution in [3.05, 3.63) is 21.1 Å².